The van der Waals surface area contributed by atoms with Gasteiger partial charge >= 0.3 is 6.09 Å². The number of carbonyl (C=O) groups excluding carboxylic acids is 1. The van der Waals surface area contributed by atoms with Crippen LogP contribution in [-0.4, -0.2) is 16.7 Å². The number of para-hydroxylation sites is 1. The van der Waals surface area contributed by atoms with Crippen LogP contribution in [0.5, 0.6) is 0 Å². The van der Waals surface area contributed by atoms with Gasteiger partial charge in [-0.2, -0.15) is 0 Å². The van der Waals surface area contributed by atoms with Crippen molar-refractivity contribution in [1.29, 1.82) is 0 Å². The Balaban J connectivity index is 2.28. The Labute approximate surface area is 120 Å². The molecule has 0 aliphatic rings. The molecular weight excluding hydrogens is 308 g/mol. The Hall–Kier alpha value is -1.62. The average Bonchev–Trinajstić information content (AvgIpc) is 2.26. The number of hydrogen-bond donors (Lipinski definition) is 1. The van der Waals surface area contributed by atoms with Gasteiger partial charge in [0, 0.05) is 16.1 Å². The largest absolute Gasteiger partial charge is 0.444 e. The van der Waals surface area contributed by atoms with E-state index in [1.807, 2.05) is 39.0 Å². The van der Waals surface area contributed by atoms with Gasteiger partial charge in [-0.05, 0) is 48.8 Å². The van der Waals surface area contributed by atoms with Crippen LogP contribution in [0.2, 0.25) is 0 Å². The molecule has 0 spiro atoms. The van der Waals surface area contributed by atoms with Crippen LogP contribution < -0.4 is 5.32 Å². The lowest BCUT2D eigenvalue weighted by atomic mass is 10.2. The molecule has 0 radical (unpaired) electrons. The van der Waals surface area contributed by atoms with Crippen molar-refractivity contribution in [3.8, 4) is 0 Å². The Morgan fingerprint density at radius 1 is 1.37 bits per heavy atom. The van der Waals surface area contributed by atoms with Crippen LogP contribution in [-0.2, 0) is 4.74 Å². The SMILES string of the molecule is CC(C)(C)OC(=O)Nc1cccc2cc(Br)cnc12. The summed E-state index contributed by atoms with van der Waals surface area (Å²) in [6, 6.07) is 7.55. The standard InChI is InChI=1S/C14H15BrN2O2/c1-14(2,3)19-13(18)17-11-6-4-5-9-7-10(15)8-16-12(9)11/h4-8H,1-3H3,(H,17,18). The van der Waals surface area contributed by atoms with Crippen molar-refractivity contribution in [3.63, 3.8) is 0 Å². The van der Waals surface area contributed by atoms with Crippen molar-refractivity contribution >= 4 is 38.6 Å². The van der Waals surface area contributed by atoms with Gasteiger partial charge < -0.3 is 4.74 Å². The van der Waals surface area contributed by atoms with E-state index in [1.54, 1.807) is 12.3 Å². The predicted molar refractivity (Wildman–Crippen MR) is 79.3 cm³/mol. The fraction of sp³-hybridized carbons (Fsp3) is 0.286. The molecule has 0 atom stereocenters. The highest BCUT2D eigenvalue weighted by atomic mass is 79.9. The van der Waals surface area contributed by atoms with Gasteiger partial charge in [0.05, 0.1) is 11.2 Å². The molecule has 2 rings (SSSR count). The molecule has 0 aliphatic heterocycles. The zero-order valence-electron chi connectivity index (χ0n) is 11.0. The molecule has 0 aliphatic carbocycles. The summed E-state index contributed by atoms with van der Waals surface area (Å²) in [5.74, 6) is 0. The number of fused-ring (bicyclic) bond motifs is 1. The number of halogens is 1. The molecule has 4 nitrogen and oxygen atoms in total. The van der Waals surface area contributed by atoms with Crippen LogP contribution in [0.15, 0.2) is 34.9 Å². The van der Waals surface area contributed by atoms with Crippen molar-refractivity contribution in [2.75, 3.05) is 5.32 Å². The molecule has 100 valence electrons. The molecule has 0 saturated carbocycles. The van der Waals surface area contributed by atoms with E-state index in [1.165, 1.54) is 0 Å². The first-order chi connectivity index (χ1) is 8.85. The normalized spacial score (nSPS) is 11.4. The number of anilines is 1. The van der Waals surface area contributed by atoms with Crippen molar-refractivity contribution in [1.82, 2.24) is 4.98 Å². The minimum absolute atomic E-state index is 0.482. The lowest BCUT2D eigenvalue weighted by Crippen LogP contribution is -2.27. The van der Waals surface area contributed by atoms with Gasteiger partial charge in [0.1, 0.15) is 5.60 Å². The topological polar surface area (TPSA) is 51.2 Å². The van der Waals surface area contributed by atoms with E-state index in [4.69, 9.17) is 4.74 Å². The molecule has 1 aromatic carbocycles. The molecule has 0 saturated heterocycles. The number of carbonyl (C=O) groups is 1. The Bertz CT molecular complexity index is 620. The molecule has 1 aromatic heterocycles. The monoisotopic (exact) mass is 322 g/mol. The average molecular weight is 323 g/mol. The summed E-state index contributed by atoms with van der Waals surface area (Å²) in [6.45, 7) is 5.47. The number of rotatable bonds is 1. The summed E-state index contributed by atoms with van der Waals surface area (Å²) in [5.41, 5.74) is 0.848. The van der Waals surface area contributed by atoms with Gasteiger partial charge in [0.25, 0.3) is 0 Å². The number of aromatic nitrogens is 1. The van der Waals surface area contributed by atoms with Gasteiger partial charge in [-0.15, -0.1) is 0 Å². The van der Waals surface area contributed by atoms with E-state index in [0.717, 1.165) is 15.4 Å². The first-order valence-electron chi connectivity index (χ1n) is 5.89. The van der Waals surface area contributed by atoms with E-state index in [9.17, 15) is 4.79 Å². The van der Waals surface area contributed by atoms with E-state index in [0.29, 0.717) is 5.69 Å². The van der Waals surface area contributed by atoms with E-state index in [2.05, 4.69) is 26.2 Å². The molecule has 19 heavy (non-hydrogen) atoms. The van der Waals surface area contributed by atoms with Crippen molar-refractivity contribution in [3.05, 3.63) is 34.9 Å². The maximum absolute atomic E-state index is 11.8. The van der Waals surface area contributed by atoms with Crippen LogP contribution in [0.1, 0.15) is 20.8 Å². The molecule has 1 heterocycles. The summed E-state index contributed by atoms with van der Waals surface area (Å²) >= 11 is 3.37. The van der Waals surface area contributed by atoms with Gasteiger partial charge in [0.2, 0.25) is 0 Å². The minimum atomic E-state index is -0.523. The number of benzene rings is 1. The third-order valence-electron chi connectivity index (χ3n) is 2.31. The quantitative estimate of drug-likeness (QED) is 0.849. The smallest absolute Gasteiger partial charge is 0.412 e. The molecule has 2 aromatic rings. The highest BCUT2D eigenvalue weighted by molar-refractivity contribution is 9.10. The summed E-state index contributed by atoms with van der Waals surface area (Å²) < 4.78 is 6.12. The highest BCUT2D eigenvalue weighted by Gasteiger charge is 2.17. The molecule has 1 amide bonds. The van der Waals surface area contributed by atoms with Crippen LogP contribution in [0.25, 0.3) is 10.9 Å². The van der Waals surface area contributed by atoms with Crippen LogP contribution >= 0.6 is 15.9 Å². The number of ether oxygens (including phenoxy) is 1. The lowest BCUT2D eigenvalue weighted by molar-refractivity contribution is 0.0636. The van der Waals surface area contributed by atoms with E-state index >= 15 is 0 Å². The van der Waals surface area contributed by atoms with E-state index < -0.39 is 11.7 Å². The van der Waals surface area contributed by atoms with Gasteiger partial charge in [-0.3, -0.25) is 10.3 Å². The van der Waals surface area contributed by atoms with Crippen molar-refractivity contribution in [2.24, 2.45) is 0 Å². The Morgan fingerprint density at radius 3 is 2.79 bits per heavy atom. The van der Waals surface area contributed by atoms with Gasteiger partial charge in [-0.1, -0.05) is 12.1 Å². The fourth-order valence-corrected chi connectivity index (χ4v) is 2.00. The number of pyridine rings is 1. The van der Waals surface area contributed by atoms with Gasteiger partial charge in [-0.25, -0.2) is 4.79 Å². The molecular formula is C14H15BrN2O2. The zero-order chi connectivity index (χ0) is 14.0. The molecule has 1 N–H and O–H groups in total. The number of amides is 1. The Kier molecular flexibility index (Phi) is 3.75. The molecule has 0 fully saturated rings. The maximum atomic E-state index is 11.8. The summed E-state index contributed by atoms with van der Waals surface area (Å²) in [5, 5.41) is 3.67. The van der Waals surface area contributed by atoms with Crippen LogP contribution in [0.3, 0.4) is 0 Å². The van der Waals surface area contributed by atoms with Crippen molar-refractivity contribution < 1.29 is 9.53 Å². The van der Waals surface area contributed by atoms with Gasteiger partial charge in [0.15, 0.2) is 0 Å². The summed E-state index contributed by atoms with van der Waals surface area (Å²) in [6.07, 6.45) is 1.22. The third kappa shape index (κ3) is 3.67. The second-order valence-electron chi connectivity index (χ2n) is 5.16. The molecule has 0 bridgehead atoms. The zero-order valence-corrected chi connectivity index (χ0v) is 12.6. The van der Waals surface area contributed by atoms with E-state index in [-0.39, 0.29) is 0 Å². The second-order valence-corrected chi connectivity index (χ2v) is 6.07. The lowest BCUT2D eigenvalue weighted by Gasteiger charge is -2.20. The number of hydrogen-bond acceptors (Lipinski definition) is 3. The first kappa shape index (κ1) is 13.8. The summed E-state index contributed by atoms with van der Waals surface area (Å²) in [4.78, 5) is 16.1. The summed E-state index contributed by atoms with van der Waals surface area (Å²) in [7, 11) is 0. The minimum Gasteiger partial charge on any atom is -0.444 e. The fourth-order valence-electron chi connectivity index (χ4n) is 1.65. The van der Waals surface area contributed by atoms with Crippen LogP contribution in [0, 0.1) is 0 Å². The number of nitrogens with zero attached hydrogens (tertiary/aromatic N) is 1. The van der Waals surface area contributed by atoms with Crippen molar-refractivity contribution in [2.45, 2.75) is 26.4 Å². The highest BCUT2D eigenvalue weighted by Crippen LogP contribution is 2.24. The molecule has 0 unspecified atom stereocenters. The first-order valence-corrected chi connectivity index (χ1v) is 6.69. The number of nitrogens with one attached hydrogen (secondary N) is 1. The maximum Gasteiger partial charge on any atom is 0.412 e. The second kappa shape index (κ2) is 5.17. The van der Waals surface area contributed by atoms with Crippen LogP contribution in [0.4, 0.5) is 10.5 Å². The third-order valence-corrected chi connectivity index (χ3v) is 2.75. The predicted octanol–water partition coefficient (Wildman–Crippen LogP) is 4.34. The molecule has 5 heteroatoms. The Morgan fingerprint density at radius 2 is 2.11 bits per heavy atom.